The molecule has 1 amide bonds. The number of anilines is 1. The van der Waals surface area contributed by atoms with E-state index in [4.69, 9.17) is 16.3 Å². The largest absolute Gasteiger partial charge is 0.473 e. The topological polar surface area (TPSA) is 81.9 Å². The summed E-state index contributed by atoms with van der Waals surface area (Å²) in [7, 11) is 1.73. The van der Waals surface area contributed by atoms with Gasteiger partial charge >= 0.3 is 0 Å². The Balaban J connectivity index is 1.68. The van der Waals surface area contributed by atoms with Crippen LogP contribution in [-0.2, 0) is 13.7 Å². The number of pyridine rings is 2. The molecule has 9 heteroatoms. The molecule has 0 aliphatic rings. The second kappa shape index (κ2) is 7.62. The highest BCUT2D eigenvalue weighted by molar-refractivity contribution is 9.10. The average molecular weight is 423 g/mol. The van der Waals surface area contributed by atoms with E-state index in [0.717, 1.165) is 0 Å². The standard InChI is InChI=1S/C16H13BrClN5O2/c1-23-14(5-6-20-23)22-16(24)12-7-11(18)10(8-19-12)9-25-15-4-2-3-13(17)21-15/h2-8H,9H2,1H3,(H,22,24). The van der Waals surface area contributed by atoms with Crippen molar-refractivity contribution in [2.24, 2.45) is 7.05 Å². The normalized spacial score (nSPS) is 10.5. The first-order valence-corrected chi connectivity index (χ1v) is 8.39. The van der Waals surface area contributed by atoms with E-state index in [2.05, 4.69) is 36.3 Å². The zero-order valence-corrected chi connectivity index (χ0v) is 15.5. The Labute approximate surface area is 157 Å². The lowest BCUT2D eigenvalue weighted by molar-refractivity contribution is 0.102. The number of amides is 1. The molecule has 128 valence electrons. The lowest BCUT2D eigenvalue weighted by atomic mass is 10.2. The summed E-state index contributed by atoms with van der Waals surface area (Å²) in [5.41, 5.74) is 0.857. The number of halogens is 2. The summed E-state index contributed by atoms with van der Waals surface area (Å²) in [6.45, 7) is 0.193. The summed E-state index contributed by atoms with van der Waals surface area (Å²) in [4.78, 5) is 20.5. The van der Waals surface area contributed by atoms with Gasteiger partial charge < -0.3 is 10.1 Å². The molecule has 0 unspecified atom stereocenters. The van der Waals surface area contributed by atoms with E-state index >= 15 is 0 Å². The van der Waals surface area contributed by atoms with Crippen LogP contribution < -0.4 is 10.1 Å². The molecule has 0 radical (unpaired) electrons. The highest BCUT2D eigenvalue weighted by Crippen LogP contribution is 2.20. The van der Waals surface area contributed by atoms with Gasteiger partial charge in [0.1, 0.15) is 22.7 Å². The van der Waals surface area contributed by atoms with E-state index in [1.807, 2.05) is 6.07 Å². The van der Waals surface area contributed by atoms with E-state index in [0.29, 0.717) is 26.9 Å². The molecule has 3 heterocycles. The second-order valence-electron chi connectivity index (χ2n) is 5.04. The fraction of sp³-hybridized carbons (Fsp3) is 0.125. The molecule has 0 aromatic carbocycles. The summed E-state index contributed by atoms with van der Waals surface area (Å²) in [6, 6.07) is 8.55. The van der Waals surface area contributed by atoms with Gasteiger partial charge in [0, 0.05) is 30.9 Å². The zero-order valence-electron chi connectivity index (χ0n) is 13.1. The van der Waals surface area contributed by atoms with Crippen LogP contribution >= 0.6 is 27.5 Å². The van der Waals surface area contributed by atoms with Gasteiger partial charge in [0.2, 0.25) is 5.88 Å². The van der Waals surface area contributed by atoms with Crippen LogP contribution in [0.25, 0.3) is 0 Å². The minimum absolute atomic E-state index is 0.193. The maximum atomic E-state index is 12.2. The van der Waals surface area contributed by atoms with E-state index < -0.39 is 0 Å². The Morgan fingerprint density at radius 3 is 2.92 bits per heavy atom. The van der Waals surface area contributed by atoms with E-state index in [-0.39, 0.29) is 18.2 Å². The van der Waals surface area contributed by atoms with Gasteiger partial charge in [-0.1, -0.05) is 17.7 Å². The third-order valence-corrected chi connectivity index (χ3v) is 4.08. The summed E-state index contributed by atoms with van der Waals surface area (Å²) < 4.78 is 7.80. The lowest BCUT2D eigenvalue weighted by Gasteiger charge is -2.09. The van der Waals surface area contributed by atoms with Crippen LogP contribution in [0, 0.1) is 0 Å². The molecule has 0 aliphatic heterocycles. The van der Waals surface area contributed by atoms with Crippen molar-refractivity contribution in [1.82, 2.24) is 19.7 Å². The minimum Gasteiger partial charge on any atom is -0.473 e. The van der Waals surface area contributed by atoms with Gasteiger partial charge in [0.05, 0.1) is 11.2 Å². The smallest absolute Gasteiger partial charge is 0.275 e. The number of nitrogens with one attached hydrogen (secondary N) is 1. The summed E-state index contributed by atoms with van der Waals surface area (Å²) in [5, 5.41) is 7.08. The predicted octanol–water partition coefficient (Wildman–Crippen LogP) is 3.46. The second-order valence-corrected chi connectivity index (χ2v) is 6.26. The molecule has 3 aromatic heterocycles. The number of aryl methyl sites for hydroxylation is 1. The third kappa shape index (κ3) is 4.34. The number of hydrogen-bond acceptors (Lipinski definition) is 5. The molecule has 1 N–H and O–H groups in total. The average Bonchev–Trinajstić information content (AvgIpc) is 2.98. The first-order chi connectivity index (χ1) is 12.0. The number of aromatic nitrogens is 4. The number of rotatable bonds is 5. The number of nitrogens with zero attached hydrogens (tertiary/aromatic N) is 4. The fourth-order valence-electron chi connectivity index (χ4n) is 1.99. The van der Waals surface area contributed by atoms with E-state index in [1.54, 1.807) is 36.1 Å². The van der Waals surface area contributed by atoms with Crippen LogP contribution in [-0.4, -0.2) is 25.7 Å². The Hall–Kier alpha value is -2.45. The molecule has 7 nitrogen and oxygen atoms in total. The van der Waals surface area contributed by atoms with Crippen molar-refractivity contribution in [3.05, 3.63) is 63.6 Å². The molecule has 0 atom stereocenters. The van der Waals surface area contributed by atoms with Gasteiger partial charge in [-0.05, 0) is 28.1 Å². The molecule has 25 heavy (non-hydrogen) atoms. The quantitative estimate of drug-likeness (QED) is 0.637. The van der Waals surface area contributed by atoms with Crippen LogP contribution in [0.4, 0.5) is 5.82 Å². The van der Waals surface area contributed by atoms with Crippen LogP contribution in [0.15, 0.2) is 47.3 Å². The molecule has 0 aliphatic carbocycles. The summed E-state index contributed by atoms with van der Waals surface area (Å²) >= 11 is 9.51. The molecular formula is C16H13BrClN5O2. The first kappa shape index (κ1) is 17.4. The van der Waals surface area contributed by atoms with Crippen LogP contribution in [0.3, 0.4) is 0 Å². The molecular weight excluding hydrogens is 410 g/mol. The van der Waals surface area contributed by atoms with Crippen molar-refractivity contribution in [3.63, 3.8) is 0 Å². The maximum absolute atomic E-state index is 12.2. The van der Waals surface area contributed by atoms with Gasteiger partial charge in [0.15, 0.2) is 0 Å². The zero-order chi connectivity index (χ0) is 17.8. The number of carbonyl (C=O) groups excluding carboxylic acids is 1. The number of ether oxygens (including phenoxy) is 1. The molecule has 0 saturated carbocycles. The van der Waals surface area contributed by atoms with Gasteiger partial charge in [-0.3, -0.25) is 14.5 Å². The van der Waals surface area contributed by atoms with Crippen molar-refractivity contribution >= 4 is 39.3 Å². The SMILES string of the molecule is Cn1nccc1NC(=O)c1cc(Cl)c(COc2cccc(Br)n2)cn1. The van der Waals surface area contributed by atoms with Crippen LogP contribution in [0.1, 0.15) is 16.1 Å². The summed E-state index contributed by atoms with van der Waals surface area (Å²) in [6.07, 6.45) is 3.10. The van der Waals surface area contributed by atoms with Crippen LogP contribution in [0.2, 0.25) is 5.02 Å². The van der Waals surface area contributed by atoms with Crippen molar-refractivity contribution in [3.8, 4) is 5.88 Å². The predicted molar refractivity (Wildman–Crippen MR) is 96.7 cm³/mol. The highest BCUT2D eigenvalue weighted by atomic mass is 79.9. The van der Waals surface area contributed by atoms with Gasteiger partial charge in [-0.25, -0.2) is 4.98 Å². The number of hydrogen-bond donors (Lipinski definition) is 1. The van der Waals surface area contributed by atoms with Crippen molar-refractivity contribution in [1.29, 1.82) is 0 Å². The molecule has 3 aromatic rings. The third-order valence-electron chi connectivity index (χ3n) is 3.29. The van der Waals surface area contributed by atoms with Gasteiger partial charge in [0.25, 0.3) is 5.91 Å². The van der Waals surface area contributed by atoms with Crippen LogP contribution in [0.5, 0.6) is 5.88 Å². The van der Waals surface area contributed by atoms with Gasteiger partial charge in [-0.2, -0.15) is 5.10 Å². The Kier molecular flexibility index (Phi) is 5.30. The Morgan fingerprint density at radius 1 is 1.40 bits per heavy atom. The molecule has 0 spiro atoms. The maximum Gasteiger partial charge on any atom is 0.275 e. The molecule has 3 rings (SSSR count). The van der Waals surface area contributed by atoms with Crippen molar-refractivity contribution < 1.29 is 9.53 Å². The number of carbonyl (C=O) groups is 1. The minimum atomic E-state index is -0.369. The van der Waals surface area contributed by atoms with Gasteiger partial charge in [-0.15, -0.1) is 0 Å². The first-order valence-electron chi connectivity index (χ1n) is 7.22. The highest BCUT2D eigenvalue weighted by Gasteiger charge is 2.13. The van der Waals surface area contributed by atoms with E-state index in [9.17, 15) is 4.79 Å². The molecule has 0 fully saturated rings. The lowest BCUT2D eigenvalue weighted by Crippen LogP contribution is -2.16. The Bertz CT molecular complexity index is 915. The summed E-state index contributed by atoms with van der Waals surface area (Å²) in [5.74, 6) is 0.658. The molecule has 0 bridgehead atoms. The molecule has 0 saturated heterocycles. The van der Waals surface area contributed by atoms with Crippen molar-refractivity contribution in [2.45, 2.75) is 6.61 Å². The van der Waals surface area contributed by atoms with E-state index in [1.165, 1.54) is 12.3 Å². The monoisotopic (exact) mass is 421 g/mol. The fourth-order valence-corrected chi connectivity index (χ4v) is 2.52. The Morgan fingerprint density at radius 2 is 2.24 bits per heavy atom. The van der Waals surface area contributed by atoms with Crippen molar-refractivity contribution in [2.75, 3.05) is 5.32 Å².